The van der Waals surface area contributed by atoms with Crippen LogP contribution in [0.3, 0.4) is 0 Å². The summed E-state index contributed by atoms with van der Waals surface area (Å²) in [4.78, 5) is 24.6. The molecule has 1 N–H and O–H groups in total. The second-order valence-electron chi connectivity index (χ2n) is 10.4. The van der Waals surface area contributed by atoms with Crippen LogP contribution in [0.15, 0.2) is 54.7 Å². The highest BCUT2D eigenvalue weighted by Crippen LogP contribution is 2.32. The maximum atomic E-state index is 13.4. The first-order valence-corrected chi connectivity index (χ1v) is 12.8. The molecule has 2 heterocycles. The Bertz CT molecular complexity index is 1190. The van der Waals surface area contributed by atoms with Crippen molar-refractivity contribution < 1.29 is 9.90 Å². The Hall–Kier alpha value is -2.96. The molecule has 1 aliphatic carbocycles. The molecule has 2 fully saturated rings. The predicted molar refractivity (Wildman–Crippen MR) is 141 cm³/mol. The molecule has 1 aromatic heterocycles. The molecule has 0 radical (unpaired) electrons. The van der Waals surface area contributed by atoms with Gasteiger partial charge in [0.2, 0.25) is 0 Å². The van der Waals surface area contributed by atoms with Crippen LogP contribution in [0.5, 0.6) is 5.75 Å². The molecule has 2 unspecified atom stereocenters. The Morgan fingerprint density at radius 1 is 1.03 bits per heavy atom. The monoisotopic (exact) mass is 472 g/mol. The zero-order valence-corrected chi connectivity index (χ0v) is 20.9. The number of piperazine rings is 1. The number of fused-ring (bicyclic) bond motifs is 1. The minimum atomic E-state index is 0.0901. The number of hydrogen-bond donors (Lipinski definition) is 1. The zero-order chi connectivity index (χ0) is 24.4. The van der Waals surface area contributed by atoms with Crippen LogP contribution in [0.1, 0.15) is 36.0 Å². The Morgan fingerprint density at radius 2 is 1.86 bits per heavy atom. The lowest BCUT2D eigenvalue weighted by atomic mass is 9.84. The van der Waals surface area contributed by atoms with Gasteiger partial charge < -0.3 is 14.9 Å². The van der Waals surface area contributed by atoms with E-state index in [4.69, 9.17) is 0 Å². The van der Waals surface area contributed by atoms with Gasteiger partial charge in [0.15, 0.2) is 0 Å². The van der Waals surface area contributed by atoms with E-state index in [1.165, 1.54) is 32.2 Å². The number of hydrogen-bond acceptors (Lipinski definition) is 5. The van der Waals surface area contributed by atoms with E-state index in [2.05, 4.69) is 28.9 Å². The molecule has 1 amide bonds. The van der Waals surface area contributed by atoms with Gasteiger partial charge in [-0.05, 0) is 80.7 Å². The van der Waals surface area contributed by atoms with Gasteiger partial charge >= 0.3 is 0 Å². The van der Waals surface area contributed by atoms with Crippen molar-refractivity contribution in [3.8, 4) is 16.9 Å². The molecule has 1 aliphatic heterocycles. The number of carbonyl (C=O) groups excluding carboxylic acids is 1. The van der Waals surface area contributed by atoms with E-state index in [1.54, 1.807) is 12.3 Å². The number of carbonyl (C=O) groups is 1. The van der Waals surface area contributed by atoms with E-state index < -0.39 is 0 Å². The van der Waals surface area contributed by atoms with Gasteiger partial charge in [0, 0.05) is 55.9 Å². The number of pyridine rings is 1. The van der Waals surface area contributed by atoms with Crippen molar-refractivity contribution >= 4 is 16.8 Å². The number of amides is 1. The summed E-state index contributed by atoms with van der Waals surface area (Å²) in [6.45, 7) is 4.64. The summed E-state index contributed by atoms with van der Waals surface area (Å²) in [5, 5.41) is 11.3. The topological polar surface area (TPSA) is 59.9 Å². The molecule has 2 aromatic carbocycles. The molecule has 0 spiro atoms. The van der Waals surface area contributed by atoms with Gasteiger partial charge in [-0.15, -0.1) is 0 Å². The maximum absolute atomic E-state index is 13.4. The van der Waals surface area contributed by atoms with Crippen LogP contribution in [0, 0.1) is 5.92 Å². The van der Waals surface area contributed by atoms with Crippen LogP contribution in [0.2, 0.25) is 0 Å². The highest BCUT2D eigenvalue weighted by atomic mass is 16.3. The van der Waals surface area contributed by atoms with Gasteiger partial charge in [-0.1, -0.05) is 24.6 Å². The summed E-state index contributed by atoms with van der Waals surface area (Å²) in [7, 11) is 4.34. The van der Waals surface area contributed by atoms with Gasteiger partial charge in [-0.3, -0.25) is 14.7 Å². The molecule has 0 bridgehead atoms. The normalized spacial score (nSPS) is 21.5. The summed E-state index contributed by atoms with van der Waals surface area (Å²) in [5.74, 6) is 1.03. The van der Waals surface area contributed by atoms with Crippen LogP contribution >= 0.6 is 0 Å². The molecule has 6 heteroatoms. The van der Waals surface area contributed by atoms with Gasteiger partial charge in [0.1, 0.15) is 11.3 Å². The van der Waals surface area contributed by atoms with Gasteiger partial charge in [-0.25, -0.2) is 0 Å². The number of benzene rings is 2. The van der Waals surface area contributed by atoms with E-state index in [9.17, 15) is 9.90 Å². The van der Waals surface area contributed by atoms with Crippen molar-refractivity contribution in [3.05, 3.63) is 60.3 Å². The average Bonchev–Trinajstić information content (AvgIpc) is 2.88. The van der Waals surface area contributed by atoms with Gasteiger partial charge in [0.05, 0.1) is 0 Å². The Balaban J connectivity index is 1.25. The Kier molecular flexibility index (Phi) is 7.02. The fraction of sp³-hybridized carbons (Fsp3) is 0.448. The summed E-state index contributed by atoms with van der Waals surface area (Å²) < 4.78 is 0. The van der Waals surface area contributed by atoms with Crippen LogP contribution in [0.4, 0.5) is 0 Å². The molecular formula is C29H36N4O2. The summed E-state index contributed by atoms with van der Waals surface area (Å²) in [6.07, 6.45) is 6.90. The molecule has 3 aromatic rings. The molecule has 2 aliphatic rings. The fourth-order valence-corrected chi connectivity index (χ4v) is 5.92. The lowest BCUT2D eigenvalue weighted by Gasteiger charge is -2.42. The van der Waals surface area contributed by atoms with E-state index in [-0.39, 0.29) is 11.7 Å². The van der Waals surface area contributed by atoms with Crippen LogP contribution in [0.25, 0.3) is 22.0 Å². The van der Waals surface area contributed by atoms with Crippen molar-refractivity contribution in [2.45, 2.75) is 31.7 Å². The van der Waals surface area contributed by atoms with Crippen molar-refractivity contribution in [1.82, 2.24) is 19.7 Å². The summed E-state index contributed by atoms with van der Waals surface area (Å²) in [6, 6.07) is 15.9. The molecule has 6 nitrogen and oxygen atoms in total. The maximum Gasteiger partial charge on any atom is 0.253 e. The van der Waals surface area contributed by atoms with Crippen LogP contribution < -0.4 is 0 Å². The standard InChI is InChI=1S/C29H36N4O2/c1-31(2)20-21-6-3-10-26(16-21)32-12-14-33(15-13-32)29(35)24-8-4-7-22(17-24)25-18-23-9-5-11-30-28(23)27(34)19-25/h4-5,7-9,11,17-19,21,26,34H,3,6,10,12-16,20H2,1-2H3. The highest BCUT2D eigenvalue weighted by Gasteiger charge is 2.30. The summed E-state index contributed by atoms with van der Waals surface area (Å²) >= 11 is 0. The van der Waals surface area contributed by atoms with E-state index >= 15 is 0 Å². The van der Waals surface area contributed by atoms with E-state index in [0.717, 1.165) is 48.6 Å². The Morgan fingerprint density at radius 3 is 2.66 bits per heavy atom. The van der Waals surface area contributed by atoms with Crippen LogP contribution in [-0.4, -0.2) is 83.6 Å². The summed E-state index contributed by atoms with van der Waals surface area (Å²) in [5.41, 5.74) is 3.09. The molecule has 2 atom stereocenters. The average molecular weight is 473 g/mol. The molecule has 5 rings (SSSR count). The highest BCUT2D eigenvalue weighted by molar-refractivity contribution is 5.96. The smallest absolute Gasteiger partial charge is 0.253 e. The molecule has 1 saturated carbocycles. The minimum absolute atomic E-state index is 0.0901. The molecule has 184 valence electrons. The van der Waals surface area contributed by atoms with E-state index in [0.29, 0.717) is 17.1 Å². The zero-order valence-electron chi connectivity index (χ0n) is 20.9. The third kappa shape index (κ3) is 5.34. The number of aromatic hydroxyl groups is 1. The van der Waals surface area contributed by atoms with Gasteiger partial charge in [0.25, 0.3) is 5.91 Å². The second kappa shape index (κ2) is 10.3. The molecule has 35 heavy (non-hydrogen) atoms. The lowest BCUT2D eigenvalue weighted by Crippen LogP contribution is -2.53. The second-order valence-corrected chi connectivity index (χ2v) is 10.4. The number of rotatable bonds is 5. The molecular weight excluding hydrogens is 436 g/mol. The lowest BCUT2D eigenvalue weighted by molar-refractivity contribution is 0.0465. The van der Waals surface area contributed by atoms with Crippen molar-refractivity contribution in [3.63, 3.8) is 0 Å². The predicted octanol–water partition coefficient (Wildman–Crippen LogP) is 4.49. The minimum Gasteiger partial charge on any atom is -0.506 e. The first kappa shape index (κ1) is 23.8. The third-order valence-electron chi connectivity index (χ3n) is 7.62. The number of phenolic OH excluding ortho intramolecular Hbond substituents is 1. The first-order valence-electron chi connectivity index (χ1n) is 12.8. The quantitative estimate of drug-likeness (QED) is 0.593. The fourth-order valence-electron chi connectivity index (χ4n) is 5.92. The number of phenols is 1. The van der Waals surface area contributed by atoms with Gasteiger partial charge in [-0.2, -0.15) is 0 Å². The number of nitrogens with zero attached hydrogens (tertiary/aromatic N) is 4. The molecule has 1 saturated heterocycles. The van der Waals surface area contributed by atoms with Crippen molar-refractivity contribution in [1.29, 1.82) is 0 Å². The largest absolute Gasteiger partial charge is 0.506 e. The van der Waals surface area contributed by atoms with Crippen LogP contribution in [-0.2, 0) is 0 Å². The van der Waals surface area contributed by atoms with E-state index in [1.807, 2.05) is 47.4 Å². The first-order chi connectivity index (χ1) is 17.0. The number of aromatic nitrogens is 1. The van der Waals surface area contributed by atoms with Crippen molar-refractivity contribution in [2.24, 2.45) is 5.92 Å². The SMILES string of the molecule is CN(C)CC1CCCC(N2CCN(C(=O)c3cccc(-c4cc(O)c5ncccc5c4)c3)CC2)C1. The third-order valence-corrected chi connectivity index (χ3v) is 7.62. The van der Waals surface area contributed by atoms with Crippen molar-refractivity contribution in [2.75, 3.05) is 46.8 Å². The Labute approximate surface area is 208 Å².